The number of allylic oxidation sites excluding steroid dienone is 1. The van der Waals surface area contributed by atoms with Crippen molar-refractivity contribution in [3.05, 3.63) is 12.2 Å². The zero-order valence-corrected chi connectivity index (χ0v) is 5.23. The summed E-state index contributed by atoms with van der Waals surface area (Å²) < 4.78 is 35.5. The third-order valence-electron chi connectivity index (χ3n) is 1.54. The molecule has 0 saturated carbocycles. The molecule has 2 unspecified atom stereocenters. The van der Waals surface area contributed by atoms with Crippen LogP contribution >= 0.6 is 0 Å². The van der Waals surface area contributed by atoms with E-state index < -0.39 is 18.1 Å². The van der Waals surface area contributed by atoms with E-state index >= 15 is 0 Å². The van der Waals surface area contributed by atoms with E-state index in [-0.39, 0.29) is 6.42 Å². The topological polar surface area (TPSA) is 26.0 Å². The summed E-state index contributed by atoms with van der Waals surface area (Å²) in [5.41, 5.74) is 5.24. The molecule has 4 heteroatoms. The van der Waals surface area contributed by atoms with E-state index in [1.165, 1.54) is 6.08 Å². The number of alkyl halides is 3. The van der Waals surface area contributed by atoms with Crippen molar-refractivity contribution in [3.8, 4) is 0 Å². The molecule has 0 spiro atoms. The first-order chi connectivity index (χ1) is 4.50. The third kappa shape index (κ3) is 1.50. The van der Waals surface area contributed by atoms with Crippen molar-refractivity contribution >= 4 is 0 Å². The van der Waals surface area contributed by atoms with E-state index in [4.69, 9.17) is 5.73 Å². The van der Waals surface area contributed by atoms with Gasteiger partial charge in [-0.3, -0.25) is 0 Å². The van der Waals surface area contributed by atoms with Crippen LogP contribution in [0.3, 0.4) is 0 Å². The zero-order chi connectivity index (χ0) is 7.78. The second-order valence-corrected chi connectivity index (χ2v) is 2.43. The van der Waals surface area contributed by atoms with Crippen LogP contribution in [0.2, 0.25) is 0 Å². The Kier molecular flexibility index (Phi) is 1.72. The first-order valence-electron chi connectivity index (χ1n) is 3.01. The van der Waals surface area contributed by atoms with Crippen molar-refractivity contribution in [1.82, 2.24) is 0 Å². The number of nitrogens with two attached hydrogens (primary N) is 1. The van der Waals surface area contributed by atoms with E-state index in [9.17, 15) is 13.2 Å². The summed E-state index contributed by atoms with van der Waals surface area (Å²) in [7, 11) is 0. The van der Waals surface area contributed by atoms with Gasteiger partial charge >= 0.3 is 6.18 Å². The minimum atomic E-state index is -4.11. The Morgan fingerprint density at radius 3 is 2.10 bits per heavy atom. The molecule has 0 bridgehead atoms. The summed E-state index contributed by atoms with van der Waals surface area (Å²) in [6, 6.07) is -0.411. The van der Waals surface area contributed by atoms with Gasteiger partial charge in [-0.1, -0.05) is 12.2 Å². The maximum atomic E-state index is 11.8. The lowest BCUT2D eigenvalue weighted by molar-refractivity contribution is -0.161. The SMILES string of the molecule is NC1C=CC(C(F)(F)F)C1. The Labute approximate surface area is 56.7 Å². The number of hydrogen-bond acceptors (Lipinski definition) is 1. The molecule has 0 saturated heterocycles. The molecule has 0 aromatic carbocycles. The lowest BCUT2D eigenvalue weighted by Gasteiger charge is -2.12. The summed E-state index contributed by atoms with van der Waals surface area (Å²) in [6.45, 7) is 0. The summed E-state index contributed by atoms with van der Waals surface area (Å²) in [6.07, 6.45) is -1.57. The lowest BCUT2D eigenvalue weighted by Crippen LogP contribution is -2.23. The fourth-order valence-electron chi connectivity index (χ4n) is 0.970. The second-order valence-electron chi connectivity index (χ2n) is 2.43. The number of hydrogen-bond donors (Lipinski definition) is 1. The highest BCUT2D eigenvalue weighted by Gasteiger charge is 2.40. The quantitative estimate of drug-likeness (QED) is 0.521. The summed E-state index contributed by atoms with van der Waals surface area (Å²) >= 11 is 0. The maximum absolute atomic E-state index is 11.8. The monoisotopic (exact) mass is 151 g/mol. The third-order valence-corrected chi connectivity index (χ3v) is 1.54. The zero-order valence-electron chi connectivity index (χ0n) is 5.23. The molecule has 0 aromatic heterocycles. The summed E-state index contributed by atoms with van der Waals surface area (Å²) in [4.78, 5) is 0. The molecule has 0 aromatic rings. The Balaban J connectivity index is 2.55. The van der Waals surface area contributed by atoms with Gasteiger partial charge in [-0.25, -0.2) is 0 Å². The molecular weight excluding hydrogens is 143 g/mol. The molecule has 58 valence electrons. The van der Waals surface area contributed by atoms with Crippen molar-refractivity contribution in [1.29, 1.82) is 0 Å². The van der Waals surface area contributed by atoms with Gasteiger partial charge in [0.05, 0.1) is 5.92 Å². The van der Waals surface area contributed by atoms with Gasteiger partial charge in [0.2, 0.25) is 0 Å². The minimum Gasteiger partial charge on any atom is -0.324 e. The van der Waals surface area contributed by atoms with Crippen molar-refractivity contribution in [2.24, 2.45) is 11.7 Å². The predicted octanol–water partition coefficient (Wildman–Crippen LogP) is 1.45. The lowest BCUT2D eigenvalue weighted by atomic mass is 10.1. The van der Waals surface area contributed by atoms with E-state index in [1.54, 1.807) is 0 Å². The highest BCUT2D eigenvalue weighted by atomic mass is 19.4. The van der Waals surface area contributed by atoms with Gasteiger partial charge in [0.25, 0.3) is 0 Å². The van der Waals surface area contributed by atoms with Crippen LogP contribution < -0.4 is 5.73 Å². The molecule has 1 aliphatic carbocycles. The molecule has 1 aliphatic rings. The Bertz CT molecular complexity index is 150. The number of rotatable bonds is 0. The second kappa shape index (κ2) is 2.27. The van der Waals surface area contributed by atoms with E-state index in [0.717, 1.165) is 6.08 Å². The summed E-state index contributed by atoms with van der Waals surface area (Å²) in [5.74, 6) is -1.32. The van der Waals surface area contributed by atoms with Crippen LogP contribution in [-0.2, 0) is 0 Å². The number of halogens is 3. The Morgan fingerprint density at radius 2 is 1.90 bits per heavy atom. The normalized spacial score (nSPS) is 33.2. The van der Waals surface area contributed by atoms with Crippen molar-refractivity contribution in [3.63, 3.8) is 0 Å². The van der Waals surface area contributed by atoms with Gasteiger partial charge in [0.1, 0.15) is 0 Å². The molecule has 0 aliphatic heterocycles. The average Bonchev–Trinajstić information content (AvgIpc) is 2.11. The minimum absolute atomic E-state index is 0.00347. The smallest absolute Gasteiger partial charge is 0.324 e. The van der Waals surface area contributed by atoms with Crippen LogP contribution in [0.25, 0.3) is 0 Å². The van der Waals surface area contributed by atoms with Crippen LogP contribution in [0.5, 0.6) is 0 Å². The van der Waals surface area contributed by atoms with Gasteiger partial charge < -0.3 is 5.73 Å². The van der Waals surface area contributed by atoms with Gasteiger partial charge in [-0.05, 0) is 6.42 Å². The molecule has 0 fully saturated rings. The molecule has 0 amide bonds. The van der Waals surface area contributed by atoms with Gasteiger partial charge in [0.15, 0.2) is 0 Å². The molecule has 1 rings (SSSR count). The average molecular weight is 151 g/mol. The highest BCUT2D eigenvalue weighted by molar-refractivity contribution is 5.06. The van der Waals surface area contributed by atoms with Crippen molar-refractivity contribution < 1.29 is 13.2 Å². The Hall–Kier alpha value is -0.510. The van der Waals surface area contributed by atoms with E-state index in [0.29, 0.717) is 0 Å². The van der Waals surface area contributed by atoms with Gasteiger partial charge in [0, 0.05) is 6.04 Å². The summed E-state index contributed by atoms with van der Waals surface area (Å²) in [5, 5.41) is 0. The standard InChI is InChI=1S/C6H8F3N/c7-6(8,9)4-1-2-5(10)3-4/h1-2,4-5H,3,10H2. The predicted molar refractivity (Wildman–Crippen MR) is 31.3 cm³/mol. The van der Waals surface area contributed by atoms with Crippen LogP contribution in [0, 0.1) is 5.92 Å². The molecule has 0 radical (unpaired) electrons. The Morgan fingerprint density at radius 1 is 1.30 bits per heavy atom. The largest absolute Gasteiger partial charge is 0.395 e. The fraction of sp³-hybridized carbons (Fsp3) is 0.667. The highest BCUT2D eigenvalue weighted by Crippen LogP contribution is 2.33. The van der Waals surface area contributed by atoms with Crippen LogP contribution in [-0.4, -0.2) is 12.2 Å². The van der Waals surface area contributed by atoms with E-state index in [2.05, 4.69) is 0 Å². The maximum Gasteiger partial charge on any atom is 0.395 e. The van der Waals surface area contributed by atoms with Crippen LogP contribution in [0.15, 0.2) is 12.2 Å². The molecule has 2 atom stereocenters. The molecule has 2 N–H and O–H groups in total. The first-order valence-corrected chi connectivity index (χ1v) is 3.01. The van der Waals surface area contributed by atoms with Gasteiger partial charge in [-0.15, -0.1) is 0 Å². The molecule has 10 heavy (non-hydrogen) atoms. The first kappa shape index (κ1) is 7.60. The van der Waals surface area contributed by atoms with Crippen LogP contribution in [0.4, 0.5) is 13.2 Å². The van der Waals surface area contributed by atoms with E-state index in [1.807, 2.05) is 0 Å². The van der Waals surface area contributed by atoms with Crippen molar-refractivity contribution in [2.45, 2.75) is 18.6 Å². The molecule has 0 heterocycles. The fourth-order valence-corrected chi connectivity index (χ4v) is 0.970. The van der Waals surface area contributed by atoms with Crippen molar-refractivity contribution in [2.75, 3.05) is 0 Å². The molecule has 1 nitrogen and oxygen atoms in total. The molecular formula is C6H8F3N. The van der Waals surface area contributed by atoms with Gasteiger partial charge in [-0.2, -0.15) is 13.2 Å². The van der Waals surface area contributed by atoms with Crippen LogP contribution in [0.1, 0.15) is 6.42 Å².